The fourth-order valence-corrected chi connectivity index (χ4v) is 2.40. The van der Waals surface area contributed by atoms with Crippen LogP contribution in [0.5, 0.6) is 0 Å². The quantitative estimate of drug-likeness (QED) is 0.898. The Morgan fingerprint density at radius 3 is 2.57 bits per heavy atom. The van der Waals surface area contributed by atoms with Crippen LogP contribution >= 0.6 is 15.9 Å². The van der Waals surface area contributed by atoms with Crippen molar-refractivity contribution in [2.24, 2.45) is 14.1 Å². The van der Waals surface area contributed by atoms with E-state index in [-0.39, 0.29) is 17.1 Å². The van der Waals surface area contributed by atoms with Crippen LogP contribution in [0.25, 0.3) is 0 Å². The molecule has 1 N–H and O–H groups in total. The number of halogens is 2. The predicted molar refractivity (Wildman–Crippen MR) is 81.6 cm³/mol. The van der Waals surface area contributed by atoms with Gasteiger partial charge in [0, 0.05) is 43.4 Å². The zero-order chi connectivity index (χ0) is 15.6. The van der Waals surface area contributed by atoms with E-state index in [1.54, 1.807) is 13.1 Å². The molecule has 0 radical (unpaired) electrons. The van der Waals surface area contributed by atoms with Gasteiger partial charge in [0.25, 0.3) is 5.56 Å². The van der Waals surface area contributed by atoms with Gasteiger partial charge in [0.15, 0.2) is 0 Å². The molecule has 1 aromatic heterocycles. The van der Waals surface area contributed by atoms with E-state index >= 15 is 0 Å². The van der Waals surface area contributed by atoms with Crippen LogP contribution in [-0.2, 0) is 27.2 Å². The Balaban J connectivity index is 2.13. The third-order valence-corrected chi connectivity index (χ3v) is 3.93. The molecule has 0 spiro atoms. The van der Waals surface area contributed by atoms with Gasteiger partial charge in [-0.2, -0.15) is 0 Å². The number of hydrogen-bond acceptors (Lipinski definition) is 3. The molecule has 21 heavy (non-hydrogen) atoms. The van der Waals surface area contributed by atoms with E-state index in [1.165, 1.54) is 29.9 Å². The topological polar surface area (TPSA) is 56.0 Å². The van der Waals surface area contributed by atoms with Gasteiger partial charge >= 0.3 is 5.69 Å². The smallest absolute Gasteiger partial charge is 0.308 e. The second kappa shape index (κ2) is 6.36. The molecular weight excluding hydrogens is 341 g/mol. The van der Waals surface area contributed by atoms with Crippen LogP contribution in [0.2, 0.25) is 0 Å². The minimum absolute atomic E-state index is 0.295. The maximum atomic E-state index is 13.2. The monoisotopic (exact) mass is 355 g/mol. The summed E-state index contributed by atoms with van der Waals surface area (Å²) >= 11 is 3.35. The van der Waals surface area contributed by atoms with Gasteiger partial charge in [-0.25, -0.2) is 9.18 Å². The van der Waals surface area contributed by atoms with Crippen LogP contribution < -0.4 is 16.6 Å². The molecule has 0 atom stereocenters. The van der Waals surface area contributed by atoms with Crippen LogP contribution in [0.15, 0.2) is 38.5 Å². The van der Waals surface area contributed by atoms with E-state index in [9.17, 15) is 14.0 Å². The zero-order valence-electron chi connectivity index (χ0n) is 11.7. The number of rotatable bonds is 4. The molecule has 0 aliphatic rings. The third kappa shape index (κ3) is 3.48. The summed E-state index contributed by atoms with van der Waals surface area (Å²) in [7, 11) is 3.03. The molecule has 1 aromatic carbocycles. The molecule has 2 rings (SSSR count). The van der Waals surface area contributed by atoms with E-state index in [0.717, 1.165) is 14.6 Å². The number of nitrogens with one attached hydrogen (secondary N) is 1. The molecule has 0 saturated carbocycles. The van der Waals surface area contributed by atoms with Crippen molar-refractivity contribution < 1.29 is 4.39 Å². The number of aryl methyl sites for hydroxylation is 1. The standard InChI is InChI=1S/C14H15BrFN3O2/c1-18-8-10(13(20)19(2)14(18)21)7-17-6-9-5-11(16)3-4-12(9)15/h3-5,8,17H,6-7H2,1-2H3. The van der Waals surface area contributed by atoms with Crippen molar-refractivity contribution in [1.29, 1.82) is 0 Å². The summed E-state index contributed by atoms with van der Waals surface area (Å²) in [6, 6.07) is 4.43. The summed E-state index contributed by atoms with van der Waals surface area (Å²) < 4.78 is 16.4. The fraction of sp³-hybridized carbons (Fsp3) is 0.286. The molecule has 0 fully saturated rings. The fourth-order valence-electron chi connectivity index (χ4n) is 2.01. The van der Waals surface area contributed by atoms with Crippen LogP contribution in [0, 0.1) is 5.82 Å². The summed E-state index contributed by atoms with van der Waals surface area (Å²) in [4.78, 5) is 23.5. The largest absolute Gasteiger partial charge is 0.330 e. The lowest BCUT2D eigenvalue weighted by atomic mass is 10.2. The van der Waals surface area contributed by atoms with Gasteiger partial charge in [0.05, 0.1) is 0 Å². The highest BCUT2D eigenvalue weighted by Gasteiger charge is 2.07. The molecule has 0 bridgehead atoms. The normalized spacial score (nSPS) is 10.9. The Hall–Kier alpha value is -1.73. The van der Waals surface area contributed by atoms with E-state index in [2.05, 4.69) is 21.2 Å². The molecule has 5 nitrogen and oxygen atoms in total. The Morgan fingerprint density at radius 1 is 1.19 bits per heavy atom. The molecule has 112 valence electrons. The number of benzene rings is 1. The molecule has 0 amide bonds. The first kappa shape index (κ1) is 15.7. The van der Waals surface area contributed by atoms with Gasteiger partial charge in [-0.1, -0.05) is 15.9 Å². The van der Waals surface area contributed by atoms with Crippen molar-refractivity contribution in [3.8, 4) is 0 Å². The SMILES string of the molecule is Cn1cc(CNCc2cc(F)ccc2Br)c(=O)n(C)c1=O. The van der Waals surface area contributed by atoms with E-state index in [1.807, 2.05) is 0 Å². The van der Waals surface area contributed by atoms with Crippen LogP contribution in [-0.4, -0.2) is 9.13 Å². The number of nitrogens with zero attached hydrogens (tertiary/aromatic N) is 2. The lowest BCUT2D eigenvalue weighted by Gasteiger charge is -2.09. The maximum absolute atomic E-state index is 13.2. The van der Waals surface area contributed by atoms with E-state index in [0.29, 0.717) is 18.7 Å². The van der Waals surface area contributed by atoms with E-state index < -0.39 is 0 Å². The first-order valence-corrected chi connectivity index (χ1v) is 7.09. The summed E-state index contributed by atoms with van der Waals surface area (Å²) in [5.41, 5.74) is 0.546. The summed E-state index contributed by atoms with van der Waals surface area (Å²) in [5.74, 6) is -0.312. The van der Waals surface area contributed by atoms with Crippen molar-refractivity contribution in [2.75, 3.05) is 0 Å². The van der Waals surface area contributed by atoms with Crippen molar-refractivity contribution in [3.63, 3.8) is 0 Å². The van der Waals surface area contributed by atoms with Crippen LogP contribution in [0.4, 0.5) is 4.39 Å². The van der Waals surface area contributed by atoms with E-state index in [4.69, 9.17) is 0 Å². The molecule has 0 aliphatic heterocycles. The number of aromatic nitrogens is 2. The highest BCUT2D eigenvalue weighted by molar-refractivity contribution is 9.10. The maximum Gasteiger partial charge on any atom is 0.330 e. The second-order valence-electron chi connectivity index (χ2n) is 4.75. The minimum Gasteiger partial charge on any atom is -0.308 e. The van der Waals surface area contributed by atoms with Gasteiger partial charge in [0.1, 0.15) is 5.82 Å². The first-order chi connectivity index (χ1) is 9.90. The Kier molecular flexibility index (Phi) is 4.74. The second-order valence-corrected chi connectivity index (χ2v) is 5.61. The molecule has 0 unspecified atom stereocenters. The molecule has 0 aliphatic carbocycles. The van der Waals surface area contributed by atoms with Crippen LogP contribution in [0.3, 0.4) is 0 Å². The molecule has 1 heterocycles. The molecule has 0 saturated heterocycles. The van der Waals surface area contributed by atoms with Gasteiger partial charge in [-0.05, 0) is 23.8 Å². The van der Waals surface area contributed by atoms with Crippen molar-refractivity contribution in [1.82, 2.24) is 14.5 Å². The summed E-state index contributed by atoms with van der Waals surface area (Å²) in [6.07, 6.45) is 1.51. The summed E-state index contributed by atoms with van der Waals surface area (Å²) in [5, 5.41) is 3.08. The van der Waals surface area contributed by atoms with Gasteiger partial charge in [0.2, 0.25) is 0 Å². The summed E-state index contributed by atoms with van der Waals surface area (Å²) in [6.45, 7) is 0.702. The molecule has 7 heteroatoms. The molecular formula is C14H15BrFN3O2. The van der Waals surface area contributed by atoms with Crippen molar-refractivity contribution in [3.05, 3.63) is 66.7 Å². The average molecular weight is 356 g/mol. The lowest BCUT2D eigenvalue weighted by molar-refractivity contribution is 0.612. The average Bonchev–Trinajstić information content (AvgIpc) is 2.45. The Bertz CT molecular complexity index is 783. The highest BCUT2D eigenvalue weighted by Crippen LogP contribution is 2.17. The van der Waals surface area contributed by atoms with Gasteiger partial charge in [-0.15, -0.1) is 0 Å². The Morgan fingerprint density at radius 2 is 1.86 bits per heavy atom. The minimum atomic E-state index is -0.364. The van der Waals surface area contributed by atoms with Gasteiger partial charge in [-0.3, -0.25) is 9.36 Å². The highest BCUT2D eigenvalue weighted by atomic mass is 79.9. The Labute approximate surface area is 129 Å². The lowest BCUT2D eigenvalue weighted by Crippen LogP contribution is -2.39. The van der Waals surface area contributed by atoms with Crippen LogP contribution in [0.1, 0.15) is 11.1 Å². The number of hydrogen-bond donors (Lipinski definition) is 1. The predicted octanol–water partition coefficient (Wildman–Crippen LogP) is 1.28. The third-order valence-electron chi connectivity index (χ3n) is 3.16. The zero-order valence-corrected chi connectivity index (χ0v) is 13.3. The van der Waals surface area contributed by atoms with Crippen molar-refractivity contribution >= 4 is 15.9 Å². The van der Waals surface area contributed by atoms with Crippen molar-refractivity contribution in [2.45, 2.75) is 13.1 Å². The first-order valence-electron chi connectivity index (χ1n) is 6.30. The van der Waals surface area contributed by atoms with Gasteiger partial charge < -0.3 is 9.88 Å². The molecule has 2 aromatic rings.